The van der Waals surface area contributed by atoms with Gasteiger partial charge in [0.05, 0.1) is 23.4 Å². The van der Waals surface area contributed by atoms with E-state index < -0.39 is 0 Å². The van der Waals surface area contributed by atoms with Crippen LogP contribution in [0.3, 0.4) is 0 Å². The maximum absolute atomic E-state index is 6.29. The number of fused-ring (bicyclic) bond motifs is 1. The third kappa shape index (κ3) is 2.74. The van der Waals surface area contributed by atoms with Crippen molar-refractivity contribution in [2.24, 2.45) is 0 Å². The molecule has 1 aliphatic rings. The molecular weight excluding hydrogens is 324 g/mol. The standard InChI is InChI=1S/C16H18N6OS/c1-10-3-2-4-11-13(10)20-16(24-11)21-14-12(17)15(19-9-18-14)22-5-7-23-8-6-22/h2-4,9H,5-8,17H2,1H3,(H,18,19,20,21). The molecular formula is C16H18N6OS. The molecule has 2 aromatic heterocycles. The minimum absolute atomic E-state index is 0.537. The predicted molar refractivity (Wildman–Crippen MR) is 97.1 cm³/mol. The van der Waals surface area contributed by atoms with Gasteiger partial charge < -0.3 is 20.7 Å². The molecule has 1 saturated heterocycles. The van der Waals surface area contributed by atoms with Crippen molar-refractivity contribution in [1.29, 1.82) is 0 Å². The van der Waals surface area contributed by atoms with E-state index >= 15 is 0 Å². The van der Waals surface area contributed by atoms with Gasteiger partial charge in [-0.2, -0.15) is 0 Å². The number of aryl methyl sites for hydroxylation is 1. The van der Waals surface area contributed by atoms with Gasteiger partial charge in [-0.1, -0.05) is 23.5 Å². The largest absolute Gasteiger partial charge is 0.393 e. The molecule has 0 radical (unpaired) electrons. The number of para-hydroxylation sites is 1. The second-order valence-corrected chi connectivity index (χ2v) is 6.66. The summed E-state index contributed by atoms with van der Waals surface area (Å²) in [7, 11) is 0. The van der Waals surface area contributed by atoms with Gasteiger partial charge in [-0.3, -0.25) is 0 Å². The van der Waals surface area contributed by atoms with Crippen LogP contribution in [-0.2, 0) is 4.74 Å². The van der Waals surface area contributed by atoms with Gasteiger partial charge in [0.25, 0.3) is 0 Å². The van der Waals surface area contributed by atoms with Gasteiger partial charge in [0.1, 0.15) is 12.0 Å². The molecule has 3 aromatic rings. The van der Waals surface area contributed by atoms with Crippen LogP contribution in [0, 0.1) is 6.92 Å². The van der Waals surface area contributed by atoms with E-state index in [0.717, 1.165) is 39.8 Å². The summed E-state index contributed by atoms with van der Waals surface area (Å²) in [5, 5.41) is 4.02. The third-order valence-electron chi connectivity index (χ3n) is 4.02. The van der Waals surface area contributed by atoms with Crippen molar-refractivity contribution in [3.8, 4) is 0 Å². The monoisotopic (exact) mass is 342 g/mol. The molecule has 0 spiro atoms. The van der Waals surface area contributed by atoms with E-state index in [0.29, 0.717) is 24.7 Å². The van der Waals surface area contributed by atoms with Crippen LogP contribution in [0.5, 0.6) is 0 Å². The molecule has 0 amide bonds. The molecule has 24 heavy (non-hydrogen) atoms. The fraction of sp³-hybridized carbons (Fsp3) is 0.312. The highest BCUT2D eigenvalue weighted by Gasteiger charge is 2.18. The topological polar surface area (TPSA) is 89.2 Å². The van der Waals surface area contributed by atoms with Crippen molar-refractivity contribution in [2.45, 2.75) is 6.92 Å². The lowest BCUT2D eigenvalue weighted by atomic mass is 10.2. The number of morpholine rings is 1. The highest BCUT2D eigenvalue weighted by Crippen LogP contribution is 2.33. The van der Waals surface area contributed by atoms with Crippen LogP contribution in [0.2, 0.25) is 0 Å². The van der Waals surface area contributed by atoms with Crippen molar-refractivity contribution in [3.05, 3.63) is 30.1 Å². The third-order valence-corrected chi connectivity index (χ3v) is 4.96. The van der Waals surface area contributed by atoms with Crippen molar-refractivity contribution in [1.82, 2.24) is 15.0 Å². The molecule has 0 unspecified atom stereocenters. The molecule has 0 aliphatic carbocycles. The Kier molecular flexibility index (Phi) is 3.91. The number of hydrogen-bond donors (Lipinski definition) is 2. The van der Waals surface area contributed by atoms with Crippen LogP contribution in [-0.4, -0.2) is 41.3 Å². The number of thiazole rings is 1. The number of hydrogen-bond acceptors (Lipinski definition) is 8. The summed E-state index contributed by atoms with van der Waals surface area (Å²) in [5.74, 6) is 1.33. The van der Waals surface area contributed by atoms with E-state index in [1.807, 2.05) is 6.07 Å². The Morgan fingerprint density at radius 1 is 1.25 bits per heavy atom. The van der Waals surface area contributed by atoms with E-state index in [1.165, 1.54) is 6.33 Å². The first-order valence-electron chi connectivity index (χ1n) is 7.79. The molecule has 8 heteroatoms. The molecule has 0 saturated carbocycles. The van der Waals surface area contributed by atoms with Gasteiger partial charge in [-0.15, -0.1) is 0 Å². The van der Waals surface area contributed by atoms with Crippen LogP contribution < -0.4 is 16.0 Å². The van der Waals surface area contributed by atoms with Gasteiger partial charge in [0, 0.05) is 13.1 Å². The molecule has 1 aromatic carbocycles. The number of nitrogens with one attached hydrogen (secondary N) is 1. The van der Waals surface area contributed by atoms with Crippen molar-refractivity contribution in [3.63, 3.8) is 0 Å². The molecule has 1 fully saturated rings. The Hall–Kier alpha value is -2.45. The molecule has 3 heterocycles. The highest BCUT2D eigenvalue weighted by atomic mass is 32.1. The fourth-order valence-corrected chi connectivity index (χ4v) is 3.70. The molecule has 3 N–H and O–H groups in total. The number of aromatic nitrogens is 3. The van der Waals surface area contributed by atoms with Crippen molar-refractivity contribution in [2.75, 3.05) is 42.3 Å². The Labute approximate surface area is 143 Å². The zero-order valence-electron chi connectivity index (χ0n) is 13.3. The maximum atomic E-state index is 6.29. The van der Waals surface area contributed by atoms with E-state index in [1.54, 1.807) is 11.3 Å². The van der Waals surface area contributed by atoms with Crippen LogP contribution in [0.4, 0.5) is 22.5 Å². The van der Waals surface area contributed by atoms with Crippen molar-refractivity contribution < 1.29 is 4.74 Å². The quantitative estimate of drug-likeness (QED) is 0.756. The predicted octanol–water partition coefficient (Wildman–Crippen LogP) is 2.56. The number of nitrogens with two attached hydrogens (primary N) is 1. The van der Waals surface area contributed by atoms with E-state index in [2.05, 4.69) is 44.2 Å². The normalized spacial score (nSPS) is 15.0. The lowest BCUT2D eigenvalue weighted by Crippen LogP contribution is -2.37. The Bertz CT molecular complexity index is 874. The summed E-state index contributed by atoms with van der Waals surface area (Å²) in [4.78, 5) is 15.4. The lowest BCUT2D eigenvalue weighted by Gasteiger charge is -2.28. The Balaban J connectivity index is 1.65. The molecule has 4 rings (SSSR count). The highest BCUT2D eigenvalue weighted by molar-refractivity contribution is 7.22. The van der Waals surface area contributed by atoms with Gasteiger partial charge in [-0.25, -0.2) is 15.0 Å². The van der Waals surface area contributed by atoms with Gasteiger partial charge in [-0.05, 0) is 18.6 Å². The first-order valence-corrected chi connectivity index (χ1v) is 8.60. The van der Waals surface area contributed by atoms with E-state index in [4.69, 9.17) is 10.5 Å². The molecule has 0 bridgehead atoms. The van der Waals surface area contributed by atoms with Crippen molar-refractivity contribution >= 4 is 44.0 Å². The summed E-state index contributed by atoms with van der Waals surface area (Å²) in [6.07, 6.45) is 1.53. The minimum Gasteiger partial charge on any atom is -0.393 e. The number of nitrogens with zero attached hydrogens (tertiary/aromatic N) is 4. The summed E-state index contributed by atoms with van der Waals surface area (Å²) in [6.45, 7) is 4.98. The van der Waals surface area contributed by atoms with E-state index in [-0.39, 0.29) is 0 Å². The zero-order chi connectivity index (χ0) is 16.5. The number of ether oxygens (including phenoxy) is 1. The second kappa shape index (κ2) is 6.21. The number of benzene rings is 1. The molecule has 1 aliphatic heterocycles. The molecule has 0 atom stereocenters. The van der Waals surface area contributed by atoms with Crippen LogP contribution >= 0.6 is 11.3 Å². The molecule has 7 nitrogen and oxygen atoms in total. The zero-order valence-corrected chi connectivity index (χ0v) is 14.1. The number of nitrogen functional groups attached to an aromatic ring is 1. The minimum atomic E-state index is 0.537. The SMILES string of the molecule is Cc1cccc2sc(Nc3ncnc(N4CCOCC4)c3N)nc12. The van der Waals surface area contributed by atoms with Gasteiger partial charge in [0.15, 0.2) is 16.8 Å². The smallest absolute Gasteiger partial charge is 0.189 e. The number of rotatable bonds is 3. The van der Waals surface area contributed by atoms with E-state index in [9.17, 15) is 0 Å². The van der Waals surface area contributed by atoms with Gasteiger partial charge >= 0.3 is 0 Å². The van der Waals surface area contributed by atoms with Crippen LogP contribution in [0.15, 0.2) is 24.5 Å². The van der Waals surface area contributed by atoms with Crippen LogP contribution in [0.25, 0.3) is 10.2 Å². The van der Waals surface area contributed by atoms with Gasteiger partial charge in [0.2, 0.25) is 0 Å². The first kappa shape index (κ1) is 15.1. The average molecular weight is 342 g/mol. The summed E-state index contributed by atoms with van der Waals surface area (Å²) in [5.41, 5.74) is 8.99. The molecule has 124 valence electrons. The Morgan fingerprint density at radius 2 is 2.08 bits per heavy atom. The summed E-state index contributed by atoms with van der Waals surface area (Å²) in [6, 6.07) is 6.16. The summed E-state index contributed by atoms with van der Waals surface area (Å²) < 4.78 is 6.52. The summed E-state index contributed by atoms with van der Waals surface area (Å²) >= 11 is 1.58. The lowest BCUT2D eigenvalue weighted by molar-refractivity contribution is 0.122. The number of anilines is 4. The second-order valence-electron chi connectivity index (χ2n) is 5.62. The average Bonchev–Trinajstić information content (AvgIpc) is 3.02. The Morgan fingerprint density at radius 3 is 2.88 bits per heavy atom. The maximum Gasteiger partial charge on any atom is 0.189 e. The van der Waals surface area contributed by atoms with Crippen LogP contribution in [0.1, 0.15) is 5.56 Å². The fourth-order valence-electron chi connectivity index (χ4n) is 2.75. The first-order chi connectivity index (χ1) is 11.7.